The Morgan fingerprint density at radius 2 is 1.53 bits per heavy atom. The predicted molar refractivity (Wildman–Crippen MR) is 133 cm³/mol. The monoisotopic (exact) mass is 544 g/mol. The molecule has 0 bridgehead atoms. The zero-order chi connectivity index (χ0) is 23.3. The van der Waals surface area contributed by atoms with Crippen LogP contribution < -0.4 is 5.32 Å². The van der Waals surface area contributed by atoms with Gasteiger partial charge >= 0.3 is 0 Å². The largest absolute Gasteiger partial charge is 0.349 e. The van der Waals surface area contributed by atoms with Crippen molar-refractivity contribution < 1.29 is 14.0 Å². The van der Waals surface area contributed by atoms with Crippen LogP contribution in [0.15, 0.2) is 78.9 Å². The Balaban J connectivity index is 2.13. The third-order valence-corrected chi connectivity index (χ3v) is 5.75. The van der Waals surface area contributed by atoms with Gasteiger partial charge < -0.3 is 10.2 Å². The summed E-state index contributed by atoms with van der Waals surface area (Å²) in [6, 6.07) is 21.6. The quantitative estimate of drug-likeness (QED) is 0.403. The molecule has 3 aromatic carbocycles. The second kappa shape index (κ2) is 10.3. The van der Waals surface area contributed by atoms with Crippen molar-refractivity contribution >= 4 is 34.4 Å². The number of nitrogens with one attached hydrogen (secondary N) is 1. The van der Waals surface area contributed by atoms with Gasteiger partial charge in [0.2, 0.25) is 5.91 Å². The van der Waals surface area contributed by atoms with Crippen molar-refractivity contribution in [3.05, 3.63) is 105 Å². The maximum atomic E-state index is 13.8. The van der Waals surface area contributed by atoms with Crippen molar-refractivity contribution in [3.8, 4) is 0 Å². The molecule has 0 aliphatic rings. The van der Waals surface area contributed by atoms with Crippen LogP contribution in [0.25, 0.3) is 0 Å². The van der Waals surface area contributed by atoms with Crippen LogP contribution in [0.4, 0.5) is 4.39 Å². The molecule has 0 saturated heterocycles. The molecular formula is C26H26FIN2O2. The third-order valence-electron chi connectivity index (χ3n) is 4.80. The highest BCUT2D eigenvalue weighted by atomic mass is 127. The molecule has 166 valence electrons. The van der Waals surface area contributed by atoms with Gasteiger partial charge in [-0.2, -0.15) is 0 Å². The van der Waals surface area contributed by atoms with Crippen molar-refractivity contribution in [1.29, 1.82) is 0 Å². The molecule has 0 spiro atoms. The highest BCUT2D eigenvalue weighted by Gasteiger charge is 2.34. The lowest BCUT2D eigenvalue weighted by atomic mass is 9.99. The molecule has 32 heavy (non-hydrogen) atoms. The summed E-state index contributed by atoms with van der Waals surface area (Å²) in [5, 5.41) is 2.99. The number of hydrogen-bond acceptors (Lipinski definition) is 2. The molecule has 0 saturated carbocycles. The standard InChI is InChI=1S/C26H26FIN2O2/c1-26(2,3)29-24(31)23(19-13-15-20(27)16-14-19)30(17-18-9-5-4-6-10-18)25(32)21-11-7-8-12-22(21)28/h4-16,23H,17H2,1-3H3,(H,29,31). The van der Waals surface area contributed by atoms with Gasteiger partial charge in [0.15, 0.2) is 0 Å². The second-order valence-corrected chi connectivity index (χ2v) is 9.75. The van der Waals surface area contributed by atoms with Gasteiger partial charge in [-0.15, -0.1) is 0 Å². The fourth-order valence-corrected chi connectivity index (χ4v) is 4.02. The van der Waals surface area contributed by atoms with Gasteiger partial charge in [0, 0.05) is 15.7 Å². The highest BCUT2D eigenvalue weighted by molar-refractivity contribution is 14.1. The SMILES string of the molecule is CC(C)(C)NC(=O)C(c1ccc(F)cc1)N(Cc1ccccc1)C(=O)c1ccccc1I. The van der Waals surface area contributed by atoms with Crippen LogP contribution in [0.2, 0.25) is 0 Å². The average Bonchev–Trinajstić information content (AvgIpc) is 2.74. The maximum Gasteiger partial charge on any atom is 0.256 e. The van der Waals surface area contributed by atoms with Crippen LogP contribution in [-0.2, 0) is 11.3 Å². The van der Waals surface area contributed by atoms with Crippen LogP contribution in [0, 0.1) is 9.39 Å². The normalized spacial score (nSPS) is 12.2. The fourth-order valence-electron chi connectivity index (χ4n) is 3.41. The van der Waals surface area contributed by atoms with E-state index in [0.717, 1.165) is 9.13 Å². The lowest BCUT2D eigenvalue weighted by molar-refractivity contribution is -0.127. The van der Waals surface area contributed by atoms with Gasteiger partial charge in [0.1, 0.15) is 11.9 Å². The molecule has 1 unspecified atom stereocenters. The number of carbonyl (C=O) groups excluding carboxylic acids is 2. The van der Waals surface area contributed by atoms with Gasteiger partial charge in [-0.3, -0.25) is 9.59 Å². The van der Waals surface area contributed by atoms with Crippen LogP contribution in [0.3, 0.4) is 0 Å². The first kappa shape index (κ1) is 23.9. The average molecular weight is 544 g/mol. The molecule has 3 aromatic rings. The van der Waals surface area contributed by atoms with E-state index in [1.54, 1.807) is 29.2 Å². The van der Waals surface area contributed by atoms with E-state index in [4.69, 9.17) is 0 Å². The first-order valence-corrected chi connectivity index (χ1v) is 11.4. The summed E-state index contributed by atoms with van der Waals surface area (Å²) in [7, 11) is 0. The van der Waals surface area contributed by atoms with E-state index >= 15 is 0 Å². The van der Waals surface area contributed by atoms with Crippen molar-refractivity contribution in [2.75, 3.05) is 0 Å². The number of hydrogen-bond donors (Lipinski definition) is 1. The molecule has 1 atom stereocenters. The van der Waals surface area contributed by atoms with E-state index in [2.05, 4.69) is 27.9 Å². The minimum Gasteiger partial charge on any atom is -0.349 e. The molecule has 6 heteroatoms. The molecule has 1 N–H and O–H groups in total. The molecule has 2 amide bonds. The van der Waals surface area contributed by atoms with Gasteiger partial charge in [0.05, 0.1) is 5.56 Å². The van der Waals surface area contributed by atoms with E-state index in [0.29, 0.717) is 11.1 Å². The fraction of sp³-hybridized carbons (Fsp3) is 0.231. The van der Waals surface area contributed by atoms with Gasteiger partial charge in [0.25, 0.3) is 5.91 Å². The smallest absolute Gasteiger partial charge is 0.256 e. The lowest BCUT2D eigenvalue weighted by Crippen LogP contribution is -2.49. The molecular weight excluding hydrogens is 518 g/mol. The minimum absolute atomic E-state index is 0.226. The zero-order valence-electron chi connectivity index (χ0n) is 18.3. The number of rotatable bonds is 6. The summed E-state index contributed by atoms with van der Waals surface area (Å²) in [6.07, 6.45) is 0. The number of nitrogens with zero attached hydrogens (tertiary/aromatic N) is 1. The van der Waals surface area contributed by atoms with E-state index in [9.17, 15) is 14.0 Å². The molecule has 0 radical (unpaired) electrons. The molecule has 0 aliphatic carbocycles. The Morgan fingerprint density at radius 3 is 2.12 bits per heavy atom. The Bertz CT molecular complexity index is 1080. The van der Waals surface area contributed by atoms with Crippen LogP contribution in [-0.4, -0.2) is 22.3 Å². The summed E-state index contributed by atoms with van der Waals surface area (Å²) in [6.45, 7) is 5.88. The van der Waals surface area contributed by atoms with Crippen molar-refractivity contribution in [2.24, 2.45) is 0 Å². The summed E-state index contributed by atoms with van der Waals surface area (Å²) in [5.74, 6) is -0.987. The topological polar surface area (TPSA) is 49.4 Å². The molecule has 0 aromatic heterocycles. The number of carbonyl (C=O) groups is 2. The lowest BCUT2D eigenvalue weighted by Gasteiger charge is -2.34. The second-order valence-electron chi connectivity index (χ2n) is 8.59. The molecule has 4 nitrogen and oxygen atoms in total. The van der Waals surface area contributed by atoms with Crippen molar-refractivity contribution in [2.45, 2.75) is 38.9 Å². The summed E-state index contributed by atoms with van der Waals surface area (Å²) in [5.41, 5.74) is 1.45. The van der Waals surface area contributed by atoms with Crippen LogP contribution in [0.1, 0.15) is 48.3 Å². The summed E-state index contributed by atoms with van der Waals surface area (Å²) < 4.78 is 14.5. The van der Waals surface area contributed by atoms with E-state index < -0.39 is 17.4 Å². The summed E-state index contributed by atoms with van der Waals surface area (Å²) >= 11 is 2.12. The Kier molecular flexibility index (Phi) is 7.66. The molecule has 0 heterocycles. The van der Waals surface area contributed by atoms with E-state index in [-0.39, 0.29) is 18.4 Å². The Morgan fingerprint density at radius 1 is 0.938 bits per heavy atom. The molecule has 3 rings (SSSR count). The van der Waals surface area contributed by atoms with Crippen molar-refractivity contribution in [1.82, 2.24) is 10.2 Å². The van der Waals surface area contributed by atoms with Crippen LogP contribution in [0.5, 0.6) is 0 Å². The zero-order valence-corrected chi connectivity index (χ0v) is 20.5. The van der Waals surface area contributed by atoms with Gasteiger partial charge in [-0.25, -0.2) is 4.39 Å². The van der Waals surface area contributed by atoms with Crippen LogP contribution >= 0.6 is 22.6 Å². The highest BCUT2D eigenvalue weighted by Crippen LogP contribution is 2.28. The number of halogens is 2. The molecule has 0 fully saturated rings. The Labute approximate surface area is 202 Å². The molecule has 0 aliphatic heterocycles. The van der Waals surface area contributed by atoms with E-state index in [1.165, 1.54) is 12.1 Å². The first-order valence-electron chi connectivity index (χ1n) is 10.3. The van der Waals surface area contributed by atoms with E-state index in [1.807, 2.05) is 63.2 Å². The number of amides is 2. The van der Waals surface area contributed by atoms with Gasteiger partial charge in [-0.1, -0.05) is 54.6 Å². The summed E-state index contributed by atoms with van der Waals surface area (Å²) in [4.78, 5) is 28.8. The van der Waals surface area contributed by atoms with Crippen molar-refractivity contribution in [3.63, 3.8) is 0 Å². The first-order chi connectivity index (χ1) is 15.2. The van der Waals surface area contributed by atoms with Gasteiger partial charge in [-0.05, 0) is 78.8 Å². The maximum absolute atomic E-state index is 13.8. The Hall–Kier alpha value is -2.74. The minimum atomic E-state index is -0.932. The predicted octanol–water partition coefficient (Wildman–Crippen LogP) is 5.73. The number of benzene rings is 3. The third kappa shape index (κ3) is 6.16.